The zero-order valence-electron chi connectivity index (χ0n) is 14.8. The first-order valence-corrected chi connectivity index (χ1v) is 8.30. The van der Waals surface area contributed by atoms with Gasteiger partial charge in [0, 0.05) is 30.7 Å². The van der Waals surface area contributed by atoms with Gasteiger partial charge in [0.1, 0.15) is 5.76 Å². The van der Waals surface area contributed by atoms with Crippen molar-refractivity contribution in [3.63, 3.8) is 0 Å². The largest absolute Gasteiger partial charge is 0.467 e. The van der Waals surface area contributed by atoms with E-state index in [0.717, 1.165) is 0 Å². The third-order valence-corrected chi connectivity index (χ3v) is 3.70. The fraction of sp³-hybridized carbons (Fsp3) is 0.158. The number of nitrogens with zero attached hydrogens (tertiary/aromatic N) is 3. The Kier molecular flexibility index (Phi) is 5.78. The number of carbonyl (C=O) groups is 2. The van der Waals surface area contributed by atoms with Crippen molar-refractivity contribution in [3.8, 4) is 0 Å². The smallest absolute Gasteiger partial charge is 0.254 e. The van der Waals surface area contributed by atoms with Crippen LogP contribution in [0.15, 0.2) is 65.5 Å². The second kappa shape index (κ2) is 8.61. The van der Waals surface area contributed by atoms with Gasteiger partial charge >= 0.3 is 0 Å². The summed E-state index contributed by atoms with van der Waals surface area (Å²) >= 11 is 0. The summed E-state index contributed by atoms with van der Waals surface area (Å²) in [4.78, 5) is 34.1. The normalized spacial score (nSPS) is 10.3. The summed E-state index contributed by atoms with van der Waals surface area (Å²) in [5.41, 5.74) is 1.14. The maximum Gasteiger partial charge on any atom is 0.254 e. The Morgan fingerprint density at radius 2 is 1.93 bits per heavy atom. The molecule has 0 unspecified atom stereocenters. The van der Waals surface area contributed by atoms with Crippen molar-refractivity contribution in [2.24, 2.45) is 0 Å². The van der Waals surface area contributed by atoms with E-state index in [4.69, 9.17) is 4.42 Å². The summed E-state index contributed by atoms with van der Waals surface area (Å²) in [5, 5.41) is 5.74. The summed E-state index contributed by atoms with van der Waals surface area (Å²) in [6.45, 7) is 0.226. The predicted molar refractivity (Wildman–Crippen MR) is 99.3 cm³/mol. The van der Waals surface area contributed by atoms with E-state index >= 15 is 0 Å². The third kappa shape index (κ3) is 5.15. The van der Waals surface area contributed by atoms with E-state index < -0.39 is 0 Å². The molecule has 2 amide bonds. The van der Waals surface area contributed by atoms with Gasteiger partial charge in [0.2, 0.25) is 11.9 Å². The van der Waals surface area contributed by atoms with Gasteiger partial charge in [-0.05, 0) is 36.4 Å². The molecule has 0 saturated carbocycles. The lowest BCUT2D eigenvalue weighted by Gasteiger charge is -2.17. The van der Waals surface area contributed by atoms with Crippen molar-refractivity contribution in [3.05, 3.63) is 72.4 Å². The van der Waals surface area contributed by atoms with Gasteiger partial charge in [0.25, 0.3) is 5.91 Å². The van der Waals surface area contributed by atoms with Gasteiger partial charge in [-0.25, -0.2) is 9.97 Å². The summed E-state index contributed by atoms with van der Waals surface area (Å²) in [7, 11) is 1.58. The molecule has 0 saturated heterocycles. The molecule has 2 aromatic heterocycles. The second-order valence-electron chi connectivity index (χ2n) is 5.80. The van der Waals surface area contributed by atoms with Crippen LogP contribution in [0.2, 0.25) is 0 Å². The first-order chi connectivity index (χ1) is 13.1. The molecule has 0 fully saturated rings. The summed E-state index contributed by atoms with van der Waals surface area (Å²) in [6.07, 6.45) is 4.79. The highest BCUT2D eigenvalue weighted by molar-refractivity contribution is 5.97. The average molecular weight is 365 g/mol. The monoisotopic (exact) mass is 365 g/mol. The molecule has 3 rings (SSSR count). The van der Waals surface area contributed by atoms with Gasteiger partial charge < -0.3 is 20.0 Å². The fourth-order valence-corrected chi connectivity index (χ4v) is 2.39. The number of nitrogens with one attached hydrogen (secondary N) is 2. The van der Waals surface area contributed by atoms with E-state index in [1.165, 1.54) is 4.90 Å². The first-order valence-electron chi connectivity index (χ1n) is 8.30. The molecular formula is C19H19N5O3. The first kappa shape index (κ1) is 18.1. The summed E-state index contributed by atoms with van der Waals surface area (Å²) in [5.74, 6) is 0.557. The molecule has 27 heavy (non-hydrogen) atoms. The molecule has 8 nitrogen and oxygen atoms in total. The summed E-state index contributed by atoms with van der Waals surface area (Å²) < 4.78 is 5.16. The lowest BCUT2D eigenvalue weighted by Crippen LogP contribution is -2.38. The Bertz CT molecular complexity index is 897. The van der Waals surface area contributed by atoms with Gasteiger partial charge in [-0.2, -0.15) is 0 Å². The number of hydrogen-bond acceptors (Lipinski definition) is 6. The zero-order chi connectivity index (χ0) is 19.1. The molecule has 2 N–H and O–H groups in total. The van der Waals surface area contributed by atoms with E-state index in [2.05, 4.69) is 20.6 Å². The number of benzene rings is 1. The van der Waals surface area contributed by atoms with Gasteiger partial charge in [0.05, 0.1) is 19.4 Å². The summed E-state index contributed by atoms with van der Waals surface area (Å²) in [6, 6.07) is 12.2. The number of rotatable bonds is 7. The lowest BCUT2D eigenvalue weighted by molar-refractivity contribution is -0.121. The molecule has 3 aromatic rings. The fourth-order valence-electron chi connectivity index (χ4n) is 2.39. The number of anilines is 2. The van der Waals surface area contributed by atoms with Crippen molar-refractivity contribution in [1.82, 2.24) is 20.2 Å². The molecule has 0 radical (unpaired) electrons. The van der Waals surface area contributed by atoms with Gasteiger partial charge in [-0.1, -0.05) is 6.07 Å². The SMILES string of the molecule is CN(CC(=O)NCc1ccco1)C(=O)c1cccc(Nc2ncccn2)c1. The number of aromatic nitrogens is 2. The minimum atomic E-state index is -0.269. The Morgan fingerprint density at radius 1 is 1.11 bits per heavy atom. The van der Waals surface area contributed by atoms with Crippen molar-refractivity contribution in [2.45, 2.75) is 6.54 Å². The van der Waals surface area contributed by atoms with Crippen LogP contribution in [-0.4, -0.2) is 40.3 Å². The number of likely N-dealkylation sites (N-methyl/N-ethyl adjacent to an activating group) is 1. The highest BCUT2D eigenvalue weighted by Gasteiger charge is 2.15. The van der Waals surface area contributed by atoms with Crippen LogP contribution in [0.3, 0.4) is 0 Å². The highest BCUT2D eigenvalue weighted by Crippen LogP contribution is 2.15. The Hall–Kier alpha value is -3.68. The van der Waals surface area contributed by atoms with E-state index in [0.29, 0.717) is 23.0 Å². The maximum atomic E-state index is 12.6. The van der Waals surface area contributed by atoms with Crippen molar-refractivity contribution >= 4 is 23.5 Å². The third-order valence-electron chi connectivity index (χ3n) is 3.70. The molecule has 0 atom stereocenters. The van der Waals surface area contributed by atoms with Crippen LogP contribution in [0.1, 0.15) is 16.1 Å². The van der Waals surface area contributed by atoms with Gasteiger partial charge in [-0.15, -0.1) is 0 Å². The van der Waals surface area contributed by atoms with Crippen molar-refractivity contribution in [1.29, 1.82) is 0 Å². The quantitative estimate of drug-likeness (QED) is 0.666. The molecule has 8 heteroatoms. The van der Waals surface area contributed by atoms with Gasteiger partial charge in [-0.3, -0.25) is 9.59 Å². The number of hydrogen-bond donors (Lipinski definition) is 2. The van der Waals surface area contributed by atoms with Gasteiger partial charge in [0.15, 0.2) is 0 Å². The minimum Gasteiger partial charge on any atom is -0.467 e. The zero-order valence-corrected chi connectivity index (χ0v) is 14.8. The van der Waals surface area contributed by atoms with Crippen LogP contribution in [0, 0.1) is 0 Å². The Balaban J connectivity index is 1.57. The molecule has 0 spiro atoms. The van der Waals surface area contributed by atoms with Crippen LogP contribution in [0.4, 0.5) is 11.6 Å². The highest BCUT2D eigenvalue weighted by atomic mass is 16.3. The van der Waals surface area contributed by atoms with E-state index in [1.54, 1.807) is 62.1 Å². The number of carbonyl (C=O) groups excluding carboxylic acids is 2. The number of amides is 2. The topological polar surface area (TPSA) is 100 Å². The second-order valence-corrected chi connectivity index (χ2v) is 5.80. The number of furan rings is 1. The van der Waals surface area contributed by atoms with Crippen LogP contribution < -0.4 is 10.6 Å². The van der Waals surface area contributed by atoms with Crippen LogP contribution in [0.25, 0.3) is 0 Å². The molecule has 0 aliphatic carbocycles. The maximum absolute atomic E-state index is 12.6. The molecular weight excluding hydrogens is 346 g/mol. The van der Waals surface area contributed by atoms with Crippen LogP contribution >= 0.6 is 0 Å². The van der Waals surface area contributed by atoms with E-state index in [9.17, 15) is 9.59 Å². The van der Waals surface area contributed by atoms with Crippen molar-refractivity contribution in [2.75, 3.05) is 18.9 Å². The standard InChI is InChI=1S/C19H19N5O3/c1-24(13-17(25)22-12-16-7-3-10-27-16)18(26)14-5-2-6-15(11-14)23-19-20-8-4-9-21-19/h2-11H,12-13H2,1H3,(H,22,25)(H,20,21,23). The van der Waals surface area contributed by atoms with E-state index in [-0.39, 0.29) is 24.9 Å². The van der Waals surface area contributed by atoms with Crippen LogP contribution in [0.5, 0.6) is 0 Å². The van der Waals surface area contributed by atoms with E-state index in [1.807, 2.05) is 6.07 Å². The molecule has 0 aliphatic heterocycles. The van der Waals surface area contributed by atoms with Crippen molar-refractivity contribution < 1.29 is 14.0 Å². The lowest BCUT2D eigenvalue weighted by atomic mass is 10.1. The molecule has 2 heterocycles. The molecule has 138 valence electrons. The average Bonchev–Trinajstić information content (AvgIpc) is 3.20. The minimum absolute atomic E-state index is 0.0566. The van der Waals surface area contributed by atoms with Crippen LogP contribution in [-0.2, 0) is 11.3 Å². The Labute approximate surface area is 156 Å². The molecule has 1 aromatic carbocycles. The molecule has 0 bridgehead atoms. The molecule has 0 aliphatic rings. The predicted octanol–water partition coefficient (Wildman–Crippen LogP) is 2.20. The Morgan fingerprint density at radius 3 is 2.67 bits per heavy atom.